The maximum Gasteiger partial charge on any atom is 0.411 e. The van der Waals surface area contributed by atoms with Gasteiger partial charge in [0, 0.05) is 6.54 Å². The van der Waals surface area contributed by atoms with Crippen LogP contribution in [0.25, 0.3) is 0 Å². The molecule has 2 amide bonds. The number of hydrogen-bond donors (Lipinski definition) is 1. The highest BCUT2D eigenvalue weighted by atomic mass is 19.4. The van der Waals surface area contributed by atoms with Crippen LogP contribution in [0, 0.1) is 5.92 Å². The van der Waals surface area contributed by atoms with E-state index in [2.05, 4.69) is 10.1 Å². The predicted molar refractivity (Wildman–Crippen MR) is 62.7 cm³/mol. The molecule has 2 fully saturated rings. The highest BCUT2D eigenvalue weighted by Gasteiger charge is 2.45. The summed E-state index contributed by atoms with van der Waals surface area (Å²) in [5.41, 5.74) is 0. The minimum Gasteiger partial charge on any atom is -0.370 e. The van der Waals surface area contributed by atoms with Crippen LogP contribution in [-0.4, -0.2) is 54.7 Å². The molecule has 0 spiro atoms. The van der Waals surface area contributed by atoms with Gasteiger partial charge in [0.05, 0.1) is 6.61 Å². The van der Waals surface area contributed by atoms with Crippen LogP contribution in [0.3, 0.4) is 0 Å². The zero-order valence-corrected chi connectivity index (χ0v) is 11.1. The van der Waals surface area contributed by atoms with Gasteiger partial charge in [0.2, 0.25) is 11.8 Å². The van der Waals surface area contributed by atoms with Crippen molar-refractivity contribution in [2.75, 3.05) is 19.8 Å². The van der Waals surface area contributed by atoms with Crippen molar-refractivity contribution in [1.29, 1.82) is 0 Å². The van der Waals surface area contributed by atoms with Crippen LogP contribution in [0.4, 0.5) is 13.2 Å². The maximum absolute atomic E-state index is 12.2. The van der Waals surface area contributed by atoms with Gasteiger partial charge in [-0.25, -0.2) is 0 Å². The largest absolute Gasteiger partial charge is 0.411 e. The van der Waals surface area contributed by atoms with E-state index in [4.69, 9.17) is 0 Å². The van der Waals surface area contributed by atoms with Gasteiger partial charge < -0.3 is 15.0 Å². The summed E-state index contributed by atoms with van der Waals surface area (Å²) >= 11 is 0. The Labute approximate surface area is 114 Å². The van der Waals surface area contributed by atoms with Crippen molar-refractivity contribution in [2.45, 2.75) is 38.0 Å². The Morgan fingerprint density at radius 1 is 1.35 bits per heavy atom. The number of halogens is 3. The molecule has 0 aromatic heterocycles. The zero-order chi connectivity index (χ0) is 14.9. The zero-order valence-electron chi connectivity index (χ0n) is 11.1. The van der Waals surface area contributed by atoms with Gasteiger partial charge in [-0.15, -0.1) is 0 Å². The van der Waals surface area contributed by atoms with Gasteiger partial charge >= 0.3 is 6.18 Å². The monoisotopic (exact) mass is 294 g/mol. The molecule has 2 rings (SSSR count). The summed E-state index contributed by atoms with van der Waals surface area (Å²) in [5, 5.41) is 2.67. The fourth-order valence-electron chi connectivity index (χ4n) is 2.25. The molecule has 5 nitrogen and oxygen atoms in total. The lowest BCUT2D eigenvalue weighted by atomic mass is 10.0. The maximum atomic E-state index is 12.2. The third kappa shape index (κ3) is 3.62. The number of amides is 2. The summed E-state index contributed by atoms with van der Waals surface area (Å²) in [6, 6.07) is -1.20. The topological polar surface area (TPSA) is 58.6 Å². The molecular weight excluding hydrogens is 277 g/mol. The number of nitrogens with zero attached hydrogens (tertiary/aromatic N) is 1. The van der Waals surface area contributed by atoms with Crippen molar-refractivity contribution in [3.05, 3.63) is 0 Å². The first-order valence-electron chi connectivity index (χ1n) is 6.55. The number of ether oxygens (including phenoxy) is 1. The molecule has 0 radical (unpaired) electrons. The van der Waals surface area contributed by atoms with Crippen LogP contribution in [0.5, 0.6) is 0 Å². The molecule has 0 bridgehead atoms. The number of carbonyl (C=O) groups excluding carboxylic acids is 2. The van der Waals surface area contributed by atoms with E-state index in [9.17, 15) is 22.8 Å². The van der Waals surface area contributed by atoms with Crippen LogP contribution in [0.2, 0.25) is 0 Å². The van der Waals surface area contributed by atoms with Crippen LogP contribution < -0.4 is 5.32 Å². The lowest BCUT2D eigenvalue weighted by Gasteiger charge is -2.37. The van der Waals surface area contributed by atoms with Gasteiger partial charge in [-0.2, -0.15) is 13.2 Å². The van der Waals surface area contributed by atoms with Gasteiger partial charge in [0.1, 0.15) is 18.7 Å². The lowest BCUT2D eigenvalue weighted by molar-refractivity contribution is -0.176. The first kappa shape index (κ1) is 15.1. The van der Waals surface area contributed by atoms with Crippen molar-refractivity contribution < 1.29 is 27.5 Å². The lowest BCUT2D eigenvalue weighted by Crippen LogP contribution is -2.63. The Kier molecular flexibility index (Phi) is 4.22. The molecule has 2 aliphatic rings. The molecule has 2 unspecified atom stereocenters. The molecule has 1 saturated carbocycles. The second-order valence-corrected chi connectivity index (χ2v) is 5.20. The number of rotatable bonds is 5. The van der Waals surface area contributed by atoms with Crippen molar-refractivity contribution in [3.8, 4) is 0 Å². The second kappa shape index (κ2) is 5.59. The average Bonchev–Trinajstić information content (AvgIpc) is 3.15. The van der Waals surface area contributed by atoms with Crippen LogP contribution in [0.1, 0.15) is 19.8 Å². The quantitative estimate of drug-likeness (QED) is 0.759. The van der Waals surface area contributed by atoms with Crippen molar-refractivity contribution in [2.24, 2.45) is 5.92 Å². The van der Waals surface area contributed by atoms with Gasteiger partial charge in [-0.3, -0.25) is 9.59 Å². The first-order valence-corrected chi connectivity index (χ1v) is 6.55. The van der Waals surface area contributed by atoms with E-state index in [1.165, 1.54) is 4.90 Å². The number of hydrogen-bond acceptors (Lipinski definition) is 3. The van der Waals surface area contributed by atoms with E-state index in [0.29, 0.717) is 0 Å². The van der Waals surface area contributed by atoms with Crippen LogP contribution in [0.15, 0.2) is 0 Å². The first-order chi connectivity index (χ1) is 9.29. The number of piperazine rings is 1. The third-order valence-electron chi connectivity index (χ3n) is 3.53. The number of carbonyl (C=O) groups is 2. The standard InChI is InChI=1S/C12H17F3N2O3/c1-7-10(18)16-9(8-2-3-8)11(19)17(7)4-5-20-6-12(13,14)15/h7-9H,2-6H2,1H3,(H,16,18). The molecule has 1 saturated heterocycles. The van der Waals surface area contributed by atoms with Gasteiger partial charge in [-0.1, -0.05) is 0 Å². The summed E-state index contributed by atoms with van der Waals surface area (Å²) in [6.45, 7) is -0.0330. The molecule has 1 N–H and O–H groups in total. The summed E-state index contributed by atoms with van der Waals surface area (Å²) in [4.78, 5) is 25.3. The fraction of sp³-hybridized carbons (Fsp3) is 0.833. The van der Waals surface area contributed by atoms with Gasteiger partial charge in [-0.05, 0) is 25.7 Å². The van der Waals surface area contributed by atoms with E-state index < -0.39 is 24.9 Å². The SMILES string of the molecule is CC1C(=O)NC(C2CC2)C(=O)N1CCOCC(F)(F)F. The molecular formula is C12H17F3N2O3. The van der Waals surface area contributed by atoms with Crippen LogP contribution in [-0.2, 0) is 14.3 Å². The summed E-state index contributed by atoms with van der Waals surface area (Å²) in [6.07, 6.45) is -2.60. The molecule has 0 aromatic carbocycles. The fourth-order valence-corrected chi connectivity index (χ4v) is 2.25. The van der Waals surface area contributed by atoms with E-state index in [-0.39, 0.29) is 30.9 Å². The minimum absolute atomic E-state index is 0.00722. The minimum atomic E-state index is -4.38. The second-order valence-electron chi connectivity index (χ2n) is 5.20. The highest BCUT2D eigenvalue weighted by molar-refractivity contribution is 5.97. The predicted octanol–water partition coefficient (Wildman–Crippen LogP) is 0.691. The Morgan fingerprint density at radius 2 is 2.00 bits per heavy atom. The number of nitrogens with one attached hydrogen (secondary N) is 1. The Morgan fingerprint density at radius 3 is 2.55 bits per heavy atom. The molecule has 1 aliphatic carbocycles. The normalized spacial score (nSPS) is 27.7. The van der Waals surface area contributed by atoms with Gasteiger partial charge in [0.25, 0.3) is 0 Å². The van der Waals surface area contributed by atoms with Gasteiger partial charge in [0.15, 0.2) is 0 Å². The Bertz CT molecular complexity index is 396. The molecule has 114 valence electrons. The molecule has 0 aromatic rings. The summed E-state index contributed by atoms with van der Waals surface area (Å²) in [7, 11) is 0. The molecule has 1 aliphatic heterocycles. The van der Waals surface area contributed by atoms with Crippen LogP contribution >= 0.6 is 0 Å². The Balaban J connectivity index is 1.87. The van der Waals surface area contributed by atoms with E-state index in [0.717, 1.165) is 12.8 Å². The summed E-state index contributed by atoms with van der Waals surface area (Å²) in [5.74, 6) is -0.329. The van der Waals surface area contributed by atoms with Crippen molar-refractivity contribution >= 4 is 11.8 Å². The van der Waals surface area contributed by atoms with E-state index in [1.807, 2.05) is 0 Å². The smallest absolute Gasteiger partial charge is 0.370 e. The molecule has 2 atom stereocenters. The molecule has 1 heterocycles. The number of alkyl halides is 3. The highest BCUT2D eigenvalue weighted by Crippen LogP contribution is 2.34. The van der Waals surface area contributed by atoms with E-state index >= 15 is 0 Å². The average molecular weight is 294 g/mol. The van der Waals surface area contributed by atoms with Crippen molar-refractivity contribution in [1.82, 2.24) is 10.2 Å². The van der Waals surface area contributed by atoms with E-state index in [1.54, 1.807) is 6.92 Å². The molecule has 8 heteroatoms. The summed E-state index contributed by atoms with van der Waals surface area (Å²) < 4.78 is 40.3. The van der Waals surface area contributed by atoms with Crippen molar-refractivity contribution in [3.63, 3.8) is 0 Å². The third-order valence-corrected chi connectivity index (χ3v) is 3.53. The molecule has 20 heavy (non-hydrogen) atoms. The Hall–Kier alpha value is -1.31.